The van der Waals surface area contributed by atoms with Crippen LogP contribution in [-0.4, -0.2) is 51.0 Å². The fourth-order valence-corrected chi connectivity index (χ4v) is 3.76. The van der Waals surface area contributed by atoms with Crippen LogP contribution < -0.4 is 4.90 Å². The Morgan fingerprint density at radius 2 is 2.05 bits per heavy atom. The second-order valence-electron chi connectivity index (χ2n) is 5.51. The van der Waals surface area contributed by atoms with E-state index in [1.807, 2.05) is 17.8 Å². The van der Waals surface area contributed by atoms with Crippen LogP contribution in [0.5, 0.6) is 0 Å². The molecule has 4 heterocycles. The van der Waals surface area contributed by atoms with Crippen LogP contribution in [0, 0.1) is 0 Å². The molecule has 1 saturated heterocycles. The normalized spacial score (nSPS) is 18.0. The number of piperazine rings is 1. The second-order valence-corrected chi connectivity index (χ2v) is 6.43. The van der Waals surface area contributed by atoms with E-state index in [4.69, 9.17) is 0 Å². The molecule has 1 aliphatic rings. The van der Waals surface area contributed by atoms with Gasteiger partial charge in [-0.25, -0.2) is 15.0 Å². The zero-order chi connectivity index (χ0) is 14.9. The number of aromatic nitrogens is 4. The molecule has 7 heteroatoms. The minimum absolute atomic E-state index is 0.389. The van der Waals surface area contributed by atoms with E-state index in [-0.39, 0.29) is 0 Å². The number of nitrogens with zero attached hydrogens (tertiary/aromatic N) is 5. The molecule has 0 radical (unpaired) electrons. The molecule has 0 saturated carbocycles. The fraction of sp³-hybridized carbons (Fsp3) is 0.400. The fourth-order valence-electron chi connectivity index (χ4n) is 3.03. The molecule has 1 atom stereocenters. The van der Waals surface area contributed by atoms with Crippen molar-refractivity contribution in [3.8, 4) is 0 Å². The van der Waals surface area contributed by atoms with E-state index in [2.05, 4.69) is 42.7 Å². The molecule has 1 aliphatic heterocycles. The summed E-state index contributed by atoms with van der Waals surface area (Å²) in [6.07, 6.45) is 5.44. The first-order valence-corrected chi connectivity index (χ1v) is 8.37. The zero-order valence-electron chi connectivity index (χ0n) is 12.4. The maximum Gasteiger partial charge on any atom is 0.142 e. The molecule has 4 rings (SSSR count). The van der Waals surface area contributed by atoms with Crippen molar-refractivity contribution in [3.63, 3.8) is 0 Å². The summed E-state index contributed by atoms with van der Waals surface area (Å²) >= 11 is 1.73. The topological polar surface area (TPSA) is 60.9 Å². The van der Waals surface area contributed by atoms with Crippen molar-refractivity contribution in [2.24, 2.45) is 0 Å². The lowest BCUT2D eigenvalue weighted by Gasteiger charge is -2.38. The van der Waals surface area contributed by atoms with Gasteiger partial charge in [0.2, 0.25) is 0 Å². The maximum atomic E-state index is 4.49. The predicted octanol–water partition coefficient (Wildman–Crippen LogP) is 2.30. The SMILES string of the molecule is CC(c1nccs1)N1CCN(c2ncnc3[nH]ccc23)CC1. The summed E-state index contributed by atoms with van der Waals surface area (Å²) < 4.78 is 0. The minimum atomic E-state index is 0.389. The van der Waals surface area contributed by atoms with E-state index in [0.29, 0.717) is 6.04 Å². The van der Waals surface area contributed by atoms with Gasteiger partial charge in [-0.2, -0.15) is 0 Å². The number of anilines is 1. The van der Waals surface area contributed by atoms with Gasteiger partial charge in [0.05, 0.1) is 11.4 Å². The van der Waals surface area contributed by atoms with E-state index in [0.717, 1.165) is 43.0 Å². The van der Waals surface area contributed by atoms with Crippen LogP contribution in [0.2, 0.25) is 0 Å². The quantitative estimate of drug-likeness (QED) is 0.804. The Labute approximate surface area is 132 Å². The highest BCUT2D eigenvalue weighted by atomic mass is 32.1. The van der Waals surface area contributed by atoms with Crippen LogP contribution in [0.25, 0.3) is 11.0 Å². The molecular formula is C15H18N6S. The van der Waals surface area contributed by atoms with Crippen molar-refractivity contribution >= 4 is 28.2 Å². The maximum absolute atomic E-state index is 4.49. The Morgan fingerprint density at radius 3 is 2.82 bits per heavy atom. The molecule has 0 spiro atoms. The monoisotopic (exact) mass is 314 g/mol. The Hall–Kier alpha value is -1.99. The highest BCUT2D eigenvalue weighted by Gasteiger charge is 2.24. The van der Waals surface area contributed by atoms with Crippen LogP contribution >= 0.6 is 11.3 Å². The Morgan fingerprint density at radius 1 is 1.18 bits per heavy atom. The van der Waals surface area contributed by atoms with Crippen LogP contribution in [0.15, 0.2) is 30.2 Å². The minimum Gasteiger partial charge on any atom is -0.353 e. The van der Waals surface area contributed by atoms with Gasteiger partial charge < -0.3 is 9.88 Å². The third kappa shape index (κ3) is 2.36. The highest BCUT2D eigenvalue weighted by molar-refractivity contribution is 7.09. The number of thiazole rings is 1. The van der Waals surface area contributed by atoms with Crippen molar-refractivity contribution in [3.05, 3.63) is 35.2 Å². The number of aromatic amines is 1. The summed E-state index contributed by atoms with van der Waals surface area (Å²) in [6.45, 7) is 6.25. The van der Waals surface area contributed by atoms with Gasteiger partial charge >= 0.3 is 0 Å². The second kappa shape index (κ2) is 5.66. The largest absolute Gasteiger partial charge is 0.353 e. The van der Waals surface area contributed by atoms with E-state index < -0.39 is 0 Å². The van der Waals surface area contributed by atoms with Gasteiger partial charge in [-0.05, 0) is 13.0 Å². The Bertz CT molecular complexity index is 744. The number of hydrogen-bond donors (Lipinski definition) is 1. The molecule has 1 unspecified atom stereocenters. The molecule has 3 aromatic heterocycles. The Kier molecular flexibility index (Phi) is 3.51. The lowest BCUT2D eigenvalue weighted by atomic mass is 10.2. The van der Waals surface area contributed by atoms with Crippen LogP contribution in [-0.2, 0) is 0 Å². The molecule has 0 aliphatic carbocycles. The first kappa shape index (κ1) is 13.7. The molecule has 22 heavy (non-hydrogen) atoms. The van der Waals surface area contributed by atoms with Gasteiger partial charge in [0.1, 0.15) is 22.8 Å². The summed E-state index contributed by atoms with van der Waals surface area (Å²) in [5, 5.41) is 4.35. The summed E-state index contributed by atoms with van der Waals surface area (Å²) in [5.74, 6) is 1.04. The van der Waals surface area contributed by atoms with E-state index in [1.54, 1.807) is 17.7 Å². The summed E-state index contributed by atoms with van der Waals surface area (Å²) in [5.41, 5.74) is 0.906. The molecule has 114 valence electrons. The smallest absolute Gasteiger partial charge is 0.142 e. The third-order valence-electron chi connectivity index (χ3n) is 4.30. The summed E-state index contributed by atoms with van der Waals surface area (Å²) in [4.78, 5) is 21.2. The molecule has 6 nitrogen and oxygen atoms in total. The molecule has 0 amide bonds. The first-order chi connectivity index (χ1) is 10.8. The van der Waals surface area contributed by atoms with Crippen LogP contribution in [0.4, 0.5) is 5.82 Å². The van der Waals surface area contributed by atoms with Gasteiger partial charge in [0.25, 0.3) is 0 Å². The zero-order valence-corrected chi connectivity index (χ0v) is 13.3. The van der Waals surface area contributed by atoms with E-state index >= 15 is 0 Å². The molecule has 0 bridgehead atoms. The Balaban J connectivity index is 1.49. The number of nitrogens with one attached hydrogen (secondary N) is 1. The van der Waals surface area contributed by atoms with Crippen molar-refractivity contribution in [2.45, 2.75) is 13.0 Å². The van der Waals surface area contributed by atoms with E-state index in [9.17, 15) is 0 Å². The number of H-pyrrole nitrogens is 1. The number of rotatable bonds is 3. The van der Waals surface area contributed by atoms with Crippen LogP contribution in [0.1, 0.15) is 18.0 Å². The van der Waals surface area contributed by atoms with Gasteiger partial charge in [-0.1, -0.05) is 0 Å². The molecule has 0 aromatic carbocycles. The van der Waals surface area contributed by atoms with Crippen LogP contribution in [0.3, 0.4) is 0 Å². The standard InChI is InChI=1S/C15H18N6S/c1-11(15-17-4-9-22-15)20-5-7-21(8-6-20)14-12-2-3-16-13(12)18-10-19-14/h2-4,9-11H,5-8H2,1H3,(H,16,18,19). The van der Waals surface area contributed by atoms with Gasteiger partial charge in [-0.15, -0.1) is 11.3 Å². The average Bonchev–Trinajstić information content (AvgIpc) is 3.25. The third-order valence-corrected chi connectivity index (χ3v) is 5.25. The highest BCUT2D eigenvalue weighted by Crippen LogP contribution is 2.26. The summed E-state index contributed by atoms with van der Waals surface area (Å²) in [7, 11) is 0. The average molecular weight is 314 g/mol. The number of fused-ring (bicyclic) bond motifs is 1. The molecule has 1 fully saturated rings. The number of hydrogen-bond acceptors (Lipinski definition) is 6. The van der Waals surface area contributed by atoms with Gasteiger partial charge in [0, 0.05) is 44.0 Å². The first-order valence-electron chi connectivity index (χ1n) is 7.49. The summed E-state index contributed by atoms with van der Waals surface area (Å²) in [6, 6.07) is 2.44. The molecule has 3 aromatic rings. The van der Waals surface area contributed by atoms with Crippen molar-refractivity contribution in [1.82, 2.24) is 24.8 Å². The molecular weight excluding hydrogens is 296 g/mol. The lowest BCUT2D eigenvalue weighted by molar-refractivity contribution is 0.198. The van der Waals surface area contributed by atoms with Gasteiger partial charge in [-0.3, -0.25) is 4.90 Å². The molecule has 1 N–H and O–H groups in total. The van der Waals surface area contributed by atoms with Crippen molar-refractivity contribution in [2.75, 3.05) is 31.1 Å². The van der Waals surface area contributed by atoms with Crippen molar-refractivity contribution < 1.29 is 0 Å². The van der Waals surface area contributed by atoms with E-state index in [1.165, 1.54) is 5.01 Å². The predicted molar refractivity (Wildman–Crippen MR) is 88.2 cm³/mol. The lowest BCUT2D eigenvalue weighted by Crippen LogP contribution is -2.47. The van der Waals surface area contributed by atoms with Gasteiger partial charge in [0.15, 0.2) is 0 Å². The van der Waals surface area contributed by atoms with Crippen molar-refractivity contribution in [1.29, 1.82) is 0 Å².